The van der Waals surface area contributed by atoms with E-state index in [-0.39, 0.29) is 46.8 Å². The van der Waals surface area contributed by atoms with Crippen molar-refractivity contribution in [3.63, 3.8) is 0 Å². The number of thiazole rings is 1. The van der Waals surface area contributed by atoms with Crippen LogP contribution in [0.2, 0.25) is 0 Å². The Hall–Kier alpha value is -4.84. The minimum Gasteiger partial charge on any atom is -0.463 e. The maximum Gasteiger partial charge on any atom is 0.347 e. The van der Waals surface area contributed by atoms with Crippen LogP contribution in [0.5, 0.6) is 0 Å². The summed E-state index contributed by atoms with van der Waals surface area (Å²) in [5.74, 6) is -2.49. The van der Waals surface area contributed by atoms with Gasteiger partial charge < -0.3 is 29.8 Å². The zero-order valence-corrected chi connectivity index (χ0v) is 23.3. The number of benzene rings is 1. The molecule has 3 amide bonds. The Morgan fingerprint density at radius 2 is 2.02 bits per heavy atom. The molecule has 0 spiro atoms. The number of aromatic nitrogens is 1. The number of β-lactam (4-membered cyclic amide) rings is 1. The van der Waals surface area contributed by atoms with Crippen molar-refractivity contribution in [2.45, 2.75) is 24.9 Å². The molecular weight excluding hydrogens is 596 g/mol. The third kappa shape index (κ3) is 7.07. The van der Waals surface area contributed by atoms with Gasteiger partial charge in [0.1, 0.15) is 23.7 Å². The number of hydrogen-bond acceptors (Lipinski definition) is 14. The van der Waals surface area contributed by atoms with E-state index in [0.717, 1.165) is 11.3 Å². The molecule has 4 rings (SSSR count). The first-order valence-corrected chi connectivity index (χ1v) is 14.0. The van der Waals surface area contributed by atoms with Gasteiger partial charge in [-0.25, -0.2) is 14.6 Å². The number of oxime groups is 1. The summed E-state index contributed by atoms with van der Waals surface area (Å²) in [4.78, 5) is 81.4. The first kappa shape index (κ1) is 30.1. The Morgan fingerprint density at radius 3 is 2.71 bits per heavy atom. The molecule has 18 heteroatoms. The van der Waals surface area contributed by atoms with Crippen molar-refractivity contribution < 1.29 is 43.2 Å². The maximum atomic E-state index is 13.1. The van der Waals surface area contributed by atoms with E-state index in [4.69, 9.17) is 14.3 Å². The molecule has 1 unspecified atom stereocenters. The summed E-state index contributed by atoms with van der Waals surface area (Å²) in [7, 11) is 0. The number of thioether (sulfide) groups is 1. The lowest BCUT2D eigenvalue weighted by Gasteiger charge is -2.47. The molecule has 0 aliphatic carbocycles. The van der Waals surface area contributed by atoms with Crippen LogP contribution in [0.15, 0.2) is 46.6 Å². The molecule has 220 valence electrons. The molecular formula is C24H22N6O10S2. The lowest BCUT2D eigenvalue weighted by atomic mass is 10.1. The van der Waals surface area contributed by atoms with Crippen LogP contribution in [0.1, 0.15) is 18.2 Å². The summed E-state index contributed by atoms with van der Waals surface area (Å²) in [6, 6.07) is 4.59. The number of carbonyl (C=O) groups excluding carboxylic acids is 5. The number of hydrogen-bond donors (Lipinski definition) is 2. The minimum absolute atomic E-state index is 0.0311. The molecule has 2 atom stereocenters. The zero-order valence-electron chi connectivity index (χ0n) is 21.7. The number of non-ortho nitro benzene ring substituents is 1. The van der Waals surface area contributed by atoms with Crippen molar-refractivity contribution in [3.8, 4) is 0 Å². The van der Waals surface area contributed by atoms with Crippen molar-refractivity contribution in [2.75, 3.05) is 24.3 Å². The fourth-order valence-corrected chi connectivity index (χ4v) is 5.55. The van der Waals surface area contributed by atoms with Gasteiger partial charge in [0.2, 0.25) is 13.0 Å². The van der Waals surface area contributed by atoms with Gasteiger partial charge in [-0.05, 0) is 24.6 Å². The average Bonchev–Trinajstić information content (AvgIpc) is 3.44. The third-order valence-electron chi connectivity index (χ3n) is 5.64. The van der Waals surface area contributed by atoms with Crippen molar-refractivity contribution in [1.82, 2.24) is 15.2 Å². The van der Waals surface area contributed by atoms with E-state index in [2.05, 4.69) is 20.8 Å². The molecule has 1 saturated heterocycles. The SMILES string of the molecule is CCOC(=O)CON=C(C(=O)NC1C(=O)N2C=C(C(=O)OCc3ccc([N+](=O)[O-])cc3)CS[C@H]12)c1csc(NC=O)n1. The smallest absolute Gasteiger partial charge is 0.347 e. The van der Waals surface area contributed by atoms with Gasteiger partial charge in [-0.2, -0.15) is 0 Å². The zero-order chi connectivity index (χ0) is 30.2. The summed E-state index contributed by atoms with van der Waals surface area (Å²) in [5, 5.41) is 20.5. The van der Waals surface area contributed by atoms with Gasteiger partial charge in [-0.15, -0.1) is 23.1 Å². The van der Waals surface area contributed by atoms with Crippen LogP contribution < -0.4 is 10.6 Å². The van der Waals surface area contributed by atoms with Crippen molar-refractivity contribution in [3.05, 3.63) is 62.8 Å². The predicted molar refractivity (Wildman–Crippen MR) is 147 cm³/mol. The number of rotatable bonds is 13. The Bertz CT molecular complexity index is 1460. The largest absolute Gasteiger partial charge is 0.463 e. The number of esters is 2. The van der Waals surface area contributed by atoms with Crippen LogP contribution in [0.3, 0.4) is 0 Å². The Balaban J connectivity index is 1.37. The molecule has 2 aromatic rings. The van der Waals surface area contributed by atoms with Crippen molar-refractivity contribution >= 4 is 69.8 Å². The minimum atomic E-state index is -0.960. The average molecular weight is 619 g/mol. The normalized spacial score (nSPS) is 17.6. The van der Waals surface area contributed by atoms with Crippen LogP contribution in [-0.4, -0.2) is 81.1 Å². The molecule has 0 bridgehead atoms. The lowest BCUT2D eigenvalue weighted by molar-refractivity contribution is -0.384. The van der Waals surface area contributed by atoms with E-state index in [9.17, 15) is 34.1 Å². The molecule has 2 aliphatic heterocycles. The first-order chi connectivity index (χ1) is 20.2. The third-order valence-corrected chi connectivity index (χ3v) is 7.73. The molecule has 1 aromatic carbocycles. The molecule has 0 saturated carbocycles. The standard InChI is InChI=1S/C24H22N6O10S2/c1-2-38-17(32)9-40-28-18(16-11-42-24(26-16)25-12-31)20(33)27-19-21(34)29-7-14(10-41-22(19)29)23(35)39-8-13-3-5-15(6-4-13)30(36)37/h3-7,11-12,19,22H,2,8-10H2,1H3,(H,27,33)(H,25,26,31)/t19?,22-/m1/s1. The number of carbonyl (C=O) groups is 5. The number of fused-ring (bicyclic) bond motifs is 1. The second kappa shape index (κ2) is 13.7. The second-order valence-electron chi connectivity index (χ2n) is 8.37. The monoisotopic (exact) mass is 618 g/mol. The quantitative estimate of drug-likeness (QED) is 0.0802. The summed E-state index contributed by atoms with van der Waals surface area (Å²) < 4.78 is 10.0. The van der Waals surface area contributed by atoms with Gasteiger partial charge in [0, 0.05) is 29.5 Å². The van der Waals surface area contributed by atoms with Gasteiger partial charge >= 0.3 is 11.9 Å². The van der Waals surface area contributed by atoms with E-state index in [1.165, 1.54) is 52.5 Å². The Morgan fingerprint density at radius 1 is 1.26 bits per heavy atom. The Labute approximate surface area is 245 Å². The predicted octanol–water partition coefficient (Wildman–Crippen LogP) is 0.931. The molecule has 16 nitrogen and oxygen atoms in total. The first-order valence-electron chi connectivity index (χ1n) is 12.1. The number of nitrogens with zero attached hydrogens (tertiary/aromatic N) is 4. The number of nitrogens with one attached hydrogen (secondary N) is 2. The number of anilines is 1. The fourth-order valence-electron chi connectivity index (χ4n) is 3.65. The van der Waals surface area contributed by atoms with Crippen LogP contribution in [0, 0.1) is 10.1 Å². The molecule has 1 aromatic heterocycles. The molecule has 0 radical (unpaired) electrons. The molecule has 2 N–H and O–H groups in total. The van der Waals surface area contributed by atoms with Crippen LogP contribution in [-0.2, 0) is 44.9 Å². The number of nitro groups is 1. The number of ether oxygens (including phenoxy) is 2. The topological polar surface area (TPSA) is 209 Å². The molecule has 2 aliphatic rings. The highest BCUT2D eigenvalue weighted by atomic mass is 32.2. The highest BCUT2D eigenvalue weighted by Crippen LogP contribution is 2.36. The summed E-state index contributed by atoms with van der Waals surface area (Å²) >= 11 is 2.24. The van der Waals surface area contributed by atoms with Gasteiger partial charge in [0.15, 0.2) is 10.8 Å². The van der Waals surface area contributed by atoms with Gasteiger partial charge in [0.25, 0.3) is 17.5 Å². The van der Waals surface area contributed by atoms with Crippen LogP contribution in [0.25, 0.3) is 0 Å². The van der Waals surface area contributed by atoms with Crippen LogP contribution in [0.4, 0.5) is 10.8 Å². The number of amides is 3. The molecule has 1 fully saturated rings. The lowest BCUT2D eigenvalue weighted by Crippen LogP contribution is -2.69. The second-order valence-corrected chi connectivity index (χ2v) is 10.3. The molecule has 42 heavy (non-hydrogen) atoms. The van der Waals surface area contributed by atoms with Crippen molar-refractivity contribution in [2.24, 2.45) is 5.16 Å². The summed E-state index contributed by atoms with van der Waals surface area (Å²) in [6.45, 7) is 1.05. The summed E-state index contributed by atoms with van der Waals surface area (Å²) in [6.07, 6.45) is 1.77. The van der Waals surface area contributed by atoms with Gasteiger partial charge in [0.05, 0.1) is 17.1 Å². The van der Waals surface area contributed by atoms with Crippen molar-refractivity contribution in [1.29, 1.82) is 0 Å². The van der Waals surface area contributed by atoms with Gasteiger partial charge in [-0.1, -0.05) is 5.16 Å². The Kier molecular flexibility index (Phi) is 9.81. The van der Waals surface area contributed by atoms with Gasteiger partial charge in [-0.3, -0.25) is 24.5 Å². The van der Waals surface area contributed by atoms with E-state index in [1.54, 1.807) is 6.92 Å². The fraction of sp³-hybridized carbons (Fsp3) is 0.292. The maximum absolute atomic E-state index is 13.1. The highest BCUT2D eigenvalue weighted by molar-refractivity contribution is 8.00. The van der Waals surface area contributed by atoms with E-state index in [1.807, 2.05) is 0 Å². The van der Waals surface area contributed by atoms with Crippen LogP contribution >= 0.6 is 23.1 Å². The molecule has 3 heterocycles. The van der Waals surface area contributed by atoms with E-state index < -0.39 is 46.7 Å². The summed E-state index contributed by atoms with van der Waals surface area (Å²) in [5.41, 5.74) is 0.380. The van der Waals surface area contributed by atoms with E-state index in [0.29, 0.717) is 12.0 Å². The van der Waals surface area contributed by atoms with E-state index >= 15 is 0 Å². The number of nitro benzene ring substituents is 1. The highest BCUT2D eigenvalue weighted by Gasteiger charge is 2.50.